The lowest BCUT2D eigenvalue weighted by molar-refractivity contribution is 0.0697. The Morgan fingerprint density at radius 3 is 2.78 bits per heavy atom. The number of fused-ring (bicyclic) bond motifs is 1. The van der Waals surface area contributed by atoms with E-state index in [1.165, 1.54) is 12.8 Å². The Labute approximate surface area is 105 Å². The number of rotatable bonds is 2. The molecule has 0 bridgehead atoms. The second kappa shape index (κ2) is 3.83. The van der Waals surface area contributed by atoms with Crippen molar-refractivity contribution >= 4 is 17.1 Å². The van der Waals surface area contributed by atoms with Gasteiger partial charge in [-0.1, -0.05) is 25.8 Å². The average molecular weight is 245 g/mol. The maximum atomic E-state index is 11.1. The molecule has 1 saturated carbocycles. The molecule has 3 rings (SSSR count). The third-order valence-electron chi connectivity index (χ3n) is 3.87. The molecular formula is C14H15NO3. The van der Waals surface area contributed by atoms with E-state index in [0.29, 0.717) is 17.0 Å². The first kappa shape index (κ1) is 11.3. The number of carbonyl (C=O) groups is 1. The highest BCUT2D eigenvalue weighted by atomic mass is 16.4. The zero-order valence-electron chi connectivity index (χ0n) is 10.3. The summed E-state index contributed by atoms with van der Waals surface area (Å²) in [4.78, 5) is 15.6. The summed E-state index contributed by atoms with van der Waals surface area (Å²) in [7, 11) is 0. The van der Waals surface area contributed by atoms with E-state index in [9.17, 15) is 4.79 Å². The van der Waals surface area contributed by atoms with Crippen LogP contribution >= 0.6 is 0 Å². The molecule has 0 unspecified atom stereocenters. The van der Waals surface area contributed by atoms with Gasteiger partial charge in [-0.3, -0.25) is 0 Å². The van der Waals surface area contributed by atoms with Crippen molar-refractivity contribution in [2.45, 2.75) is 38.0 Å². The Balaban J connectivity index is 2.16. The average Bonchev–Trinajstić information content (AvgIpc) is 2.94. The number of hydrogen-bond donors (Lipinski definition) is 1. The summed E-state index contributed by atoms with van der Waals surface area (Å²) >= 11 is 0. The fourth-order valence-electron chi connectivity index (χ4n) is 2.74. The van der Waals surface area contributed by atoms with Crippen molar-refractivity contribution in [1.82, 2.24) is 4.98 Å². The van der Waals surface area contributed by atoms with E-state index in [4.69, 9.17) is 9.52 Å². The monoisotopic (exact) mass is 245 g/mol. The first-order valence-corrected chi connectivity index (χ1v) is 6.23. The van der Waals surface area contributed by atoms with Gasteiger partial charge < -0.3 is 9.52 Å². The summed E-state index contributed by atoms with van der Waals surface area (Å²) in [5.41, 5.74) is 1.19. The molecule has 2 aromatic rings. The van der Waals surface area contributed by atoms with Gasteiger partial charge in [-0.05, 0) is 25.0 Å². The van der Waals surface area contributed by atoms with E-state index in [2.05, 4.69) is 11.9 Å². The standard InChI is InChI=1S/C14H15NO3/c1-14(7-2-3-8-14)13-15-10-6-4-5-9(12(16)17)11(10)18-13/h4-6H,2-3,7-8H2,1H3,(H,16,17). The van der Waals surface area contributed by atoms with Crippen molar-refractivity contribution in [3.63, 3.8) is 0 Å². The molecule has 1 N–H and O–H groups in total. The molecule has 0 amide bonds. The third kappa shape index (κ3) is 1.60. The molecule has 0 aliphatic heterocycles. The lowest BCUT2D eigenvalue weighted by Gasteiger charge is -2.17. The highest BCUT2D eigenvalue weighted by Crippen LogP contribution is 2.41. The molecule has 0 spiro atoms. The summed E-state index contributed by atoms with van der Waals surface area (Å²) in [5, 5.41) is 9.13. The number of nitrogens with zero attached hydrogens (tertiary/aromatic N) is 1. The van der Waals surface area contributed by atoms with Gasteiger partial charge in [0, 0.05) is 5.41 Å². The van der Waals surface area contributed by atoms with Crippen molar-refractivity contribution in [1.29, 1.82) is 0 Å². The van der Waals surface area contributed by atoms with Crippen LogP contribution in [0.25, 0.3) is 11.1 Å². The van der Waals surface area contributed by atoms with Crippen LogP contribution < -0.4 is 0 Å². The molecule has 18 heavy (non-hydrogen) atoms. The first-order valence-electron chi connectivity index (χ1n) is 6.23. The van der Waals surface area contributed by atoms with Crippen LogP contribution in [-0.4, -0.2) is 16.1 Å². The van der Waals surface area contributed by atoms with Gasteiger partial charge in [0.15, 0.2) is 5.58 Å². The molecule has 1 aliphatic carbocycles. The zero-order valence-corrected chi connectivity index (χ0v) is 10.3. The van der Waals surface area contributed by atoms with Crippen molar-refractivity contribution in [3.8, 4) is 0 Å². The molecule has 1 aliphatic rings. The van der Waals surface area contributed by atoms with E-state index < -0.39 is 5.97 Å². The molecule has 0 saturated heterocycles. The third-order valence-corrected chi connectivity index (χ3v) is 3.87. The van der Waals surface area contributed by atoms with Gasteiger partial charge in [0.25, 0.3) is 0 Å². The summed E-state index contributed by atoms with van der Waals surface area (Å²) in [6.07, 6.45) is 4.48. The molecule has 4 nitrogen and oxygen atoms in total. The summed E-state index contributed by atoms with van der Waals surface area (Å²) in [6, 6.07) is 5.05. The number of aromatic nitrogens is 1. The lowest BCUT2D eigenvalue weighted by atomic mass is 9.89. The number of para-hydroxylation sites is 1. The van der Waals surface area contributed by atoms with E-state index >= 15 is 0 Å². The maximum absolute atomic E-state index is 11.1. The Bertz CT molecular complexity index is 609. The van der Waals surface area contributed by atoms with Crippen molar-refractivity contribution in [3.05, 3.63) is 29.7 Å². The maximum Gasteiger partial charge on any atom is 0.339 e. The summed E-state index contributed by atoms with van der Waals surface area (Å²) in [5.74, 6) is -0.288. The molecule has 4 heteroatoms. The Hall–Kier alpha value is -1.84. The van der Waals surface area contributed by atoms with Crippen LogP contribution in [-0.2, 0) is 5.41 Å². The molecule has 1 aromatic carbocycles. The van der Waals surface area contributed by atoms with E-state index in [1.807, 2.05) is 0 Å². The topological polar surface area (TPSA) is 63.3 Å². The number of benzene rings is 1. The minimum Gasteiger partial charge on any atom is -0.478 e. The highest BCUT2D eigenvalue weighted by Gasteiger charge is 2.35. The molecule has 1 aromatic heterocycles. The van der Waals surface area contributed by atoms with E-state index in [-0.39, 0.29) is 11.0 Å². The van der Waals surface area contributed by atoms with Crippen molar-refractivity contribution in [2.75, 3.05) is 0 Å². The smallest absolute Gasteiger partial charge is 0.339 e. The number of hydrogen-bond acceptors (Lipinski definition) is 3. The Morgan fingerprint density at radius 1 is 1.39 bits per heavy atom. The van der Waals surface area contributed by atoms with Crippen LogP contribution in [0.2, 0.25) is 0 Å². The molecule has 94 valence electrons. The normalized spacial score (nSPS) is 18.3. The van der Waals surface area contributed by atoms with Crippen LogP contribution in [0.15, 0.2) is 22.6 Å². The van der Waals surface area contributed by atoms with Gasteiger partial charge in [0.05, 0.1) is 0 Å². The first-order chi connectivity index (χ1) is 8.60. The Morgan fingerprint density at radius 2 is 2.11 bits per heavy atom. The zero-order chi connectivity index (χ0) is 12.8. The summed E-state index contributed by atoms with van der Waals surface area (Å²) in [6.45, 7) is 2.14. The minimum absolute atomic E-state index is 0.0329. The summed E-state index contributed by atoms with van der Waals surface area (Å²) < 4.78 is 5.76. The van der Waals surface area contributed by atoms with E-state index in [0.717, 1.165) is 12.8 Å². The van der Waals surface area contributed by atoms with Gasteiger partial charge in [0.1, 0.15) is 11.1 Å². The van der Waals surface area contributed by atoms with Gasteiger partial charge >= 0.3 is 5.97 Å². The van der Waals surface area contributed by atoms with Crippen LogP contribution in [0, 0.1) is 0 Å². The minimum atomic E-state index is -0.972. The van der Waals surface area contributed by atoms with Gasteiger partial charge in [-0.15, -0.1) is 0 Å². The van der Waals surface area contributed by atoms with Crippen LogP contribution in [0.5, 0.6) is 0 Å². The number of aromatic carboxylic acids is 1. The van der Waals surface area contributed by atoms with Gasteiger partial charge in [-0.2, -0.15) is 0 Å². The number of oxazole rings is 1. The van der Waals surface area contributed by atoms with Crippen molar-refractivity contribution in [2.24, 2.45) is 0 Å². The van der Waals surface area contributed by atoms with Gasteiger partial charge in [-0.25, -0.2) is 9.78 Å². The lowest BCUT2D eigenvalue weighted by Crippen LogP contribution is -2.16. The molecule has 0 radical (unpaired) electrons. The van der Waals surface area contributed by atoms with Crippen LogP contribution in [0.3, 0.4) is 0 Å². The van der Waals surface area contributed by atoms with Gasteiger partial charge in [0.2, 0.25) is 5.89 Å². The fourth-order valence-corrected chi connectivity index (χ4v) is 2.74. The molecule has 0 atom stereocenters. The van der Waals surface area contributed by atoms with Crippen LogP contribution in [0.1, 0.15) is 48.9 Å². The largest absolute Gasteiger partial charge is 0.478 e. The Kier molecular flexibility index (Phi) is 2.40. The molecular weight excluding hydrogens is 230 g/mol. The van der Waals surface area contributed by atoms with Crippen molar-refractivity contribution < 1.29 is 14.3 Å². The highest BCUT2D eigenvalue weighted by molar-refractivity contribution is 5.99. The SMILES string of the molecule is CC1(c2nc3cccc(C(=O)O)c3o2)CCCC1. The van der Waals surface area contributed by atoms with E-state index in [1.54, 1.807) is 18.2 Å². The number of carboxylic acids is 1. The molecule has 1 heterocycles. The quantitative estimate of drug-likeness (QED) is 0.881. The predicted octanol–water partition coefficient (Wildman–Crippen LogP) is 3.36. The molecule has 1 fully saturated rings. The second-order valence-corrected chi connectivity index (χ2v) is 5.25. The van der Waals surface area contributed by atoms with Crippen LogP contribution in [0.4, 0.5) is 0 Å². The second-order valence-electron chi connectivity index (χ2n) is 5.25. The number of carboxylic acid groups (broad SMARTS) is 1. The fraction of sp³-hybridized carbons (Fsp3) is 0.429. The predicted molar refractivity (Wildman–Crippen MR) is 66.8 cm³/mol.